The van der Waals surface area contributed by atoms with Gasteiger partial charge in [-0.15, -0.1) is 0 Å². The van der Waals surface area contributed by atoms with Gasteiger partial charge in [0.1, 0.15) is 11.6 Å². The fourth-order valence-electron chi connectivity index (χ4n) is 2.09. The zero-order chi connectivity index (χ0) is 15.2. The Kier molecular flexibility index (Phi) is 4.92. The lowest BCUT2D eigenvalue weighted by Gasteiger charge is -2.12. The van der Waals surface area contributed by atoms with Gasteiger partial charge in [-0.25, -0.2) is 4.39 Å². The number of aliphatic carboxylic acids is 1. The summed E-state index contributed by atoms with van der Waals surface area (Å²) in [5, 5.41) is 11.6. The minimum atomic E-state index is -0.891. The first-order valence-corrected chi connectivity index (χ1v) is 6.63. The van der Waals surface area contributed by atoms with Gasteiger partial charge in [-0.1, -0.05) is 18.2 Å². The van der Waals surface area contributed by atoms with E-state index in [0.29, 0.717) is 12.2 Å². The number of carboxylic acid groups (broad SMARTS) is 1. The lowest BCUT2D eigenvalue weighted by molar-refractivity contribution is -0.140. The first-order chi connectivity index (χ1) is 10.0. The van der Waals surface area contributed by atoms with E-state index in [1.807, 2.05) is 0 Å². The van der Waals surface area contributed by atoms with Gasteiger partial charge in [-0.05, 0) is 18.6 Å². The number of carbonyl (C=O) groups is 2. The van der Waals surface area contributed by atoms with Gasteiger partial charge in [0.15, 0.2) is 0 Å². The summed E-state index contributed by atoms with van der Waals surface area (Å²) in [6.07, 6.45) is 3.76. The van der Waals surface area contributed by atoms with E-state index < -0.39 is 17.7 Å². The number of amides is 1. The van der Waals surface area contributed by atoms with Crippen molar-refractivity contribution in [2.24, 2.45) is 5.92 Å². The lowest BCUT2D eigenvalue weighted by Crippen LogP contribution is -2.34. The van der Waals surface area contributed by atoms with Crippen molar-refractivity contribution < 1.29 is 23.8 Å². The number of carboxylic acids is 1. The van der Waals surface area contributed by atoms with Crippen molar-refractivity contribution in [3.63, 3.8) is 0 Å². The standard InChI is InChI=1S/C15H16FNO4/c16-11-2-1-3-13(9-11)21-7-6-14(18)17-12-5-4-10(8-12)15(19)20/h1-5,9-10,12H,6-8H2,(H,17,18)(H,19,20). The number of halogens is 1. The topological polar surface area (TPSA) is 75.6 Å². The maximum Gasteiger partial charge on any atom is 0.310 e. The molecule has 1 amide bonds. The Morgan fingerprint density at radius 1 is 1.38 bits per heavy atom. The fourth-order valence-corrected chi connectivity index (χ4v) is 2.09. The molecule has 2 N–H and O–H groups in total. The second kappa shape index (κ2) is 6.88. The van der Waals surface area contributed by atoms with E-state index in [-0.39, 0.29) is 25.0 Å². The Labute approximate surface area is 121 Å². The Morgan fingerprint density at radius 2 is 2.19 bits per heavy atom. The molecule has 2 atom stereocenters. The van der Waals surface area contributed by atoms with Gasteiger partial charge < -0.3 is 15.2 Å². The third kappa shape index (κ3) is 4.59. The second-order valence-electron chi connectivity index (χ2n) is 4.80. The molecule has 2 rings (SSSR count). The molecule has 5 nitrogen and oxygen atoms in total. The molecule has 1 aromatic carbocycles. The molecular formula is C15H16FNO4. The van der Waals surface area contributed by atoms with Gasteiger partial charge in [0.05, 0.1) is 18.9 Å². The molecule has 2 unspecified atom stereocenters. The minimum Gasteiger partial charge on any atom is -0.493 e. The van der Waals surface area contributed by atoms with Crippen LogP contribution in [0.25, 0.3) is 0 Å². The Hall–Kier alpha value is -2.37. The number of ether oxygens (including phenoxy) is 1. The zero-order valence-electron chi connectivity index (χ0n) is 11.3. The quantitative estimate of drug-likeness (QED) is 0.783. The van der Waals surface area contributed by atoms with Crippen molar-refractivity contribution in [3.8, 4) is 5.75 Å². The summed E-state index contributed by atoms with van der Waals surface area (Å²) in [4.78, 5) is 22.5. The Balaban J connectivity index is 1.69. The van der Waals surface area contributed by atoms with E-state index in [1.165, 1.54) is 18.2 Å². The maximum atomic E-state index is 12.9. The fraction of sp³-hybridized carbons (Fsp3) is 0.333. The summed E-state index contributed by atoms with van der Waals surface area (Å²) in [6.45, 7) is 0.133. The molecule has 1 aromatic rings. The van der Waals surface area contributed by atoms with Crippen LogP contribution in [-0.4, -0.2) is 29.6 Å². The van der Waals surface area contributed by atoms with Crippen LogP contribution in [-0.2, 0) is 9.59 Å². The summed E-state index contributed by atoms with van der Waals surface area (Å²) in [6, 6.07) is 5.44. The maximum absolute atomic E-state index is 12.9. The monoisotopic (exact) mass is 293 g/mol. The SMILES string of the molecule is O=C(CCOc1cccc(F)c1)NC1C=CC(C(=O)O)C1. The molecule has 0 aliphatic heterocycles. The predicted octanol–water partition coefficient (Wildman–Crippen LogP) is 1.74. The van der Waals surface area contributed by atoms with E-state index in [1.54, 1.807) is 18.2 Å². The van der Waals surface area contributed by atoms with Gasteiger partial charge in [-0.3, -0.25) is 9.59 Å². The second-order valence-corrected chi connectivity index (χ2v) is 4.80. The summed E-state index contributed by atoms with van der Waals surface area (Å²) in [5.74, 6) is -1.69. The molecule has 0 spiro atoms. The van der Waals surface area contributed by atoms with Crippen molar-refractivity contribution in [2.75, 3.05) is 6.61 Å². The van der Waals surface area contributed by atoms with Crippen LogP contribution in [0, 0.1) is 11.7 Å². The van der Waals surface area contributed by atoms with Gasteiger partial charge in [-0.2, -0.15) is 0 Å². The Morgan fingerprint density at radius 3 is 2.86 bits per heavy atom. The molecular weight excluding hydrogens is 277 g/mol. The number of hydrogen-bond donors (Lipinski definition) is 2. The van der Waals surface area contributed by atoms with Crippen LogP contribution < -0.4 is 10.1 Å². The first kappa shape index (κ1) is 15.0. The molecule has 1 aliphatic rings. The highest BCUT2D eigenvalue weighted by atomic mass is 19.1. The van der Waals surface area contributed by atoms with E-state index in [2.05, 4.69) is 5.32 Å². The van der Waals surface area contributed by atoms with E-state index in [0.717, 1.165) is 0 Å². The summed E-state index contributed by atoms with van der Waals surface area (Å²) >= 11 is 0. The van der Waals surface area contributed by atoms with Gasteiger partial charge in [0.25, 0.3) is 0 Å². The molecule has 0 bridgehead atoms. The summed E-state index contributed by atoms with van der Waals surface area (Å²) in [7, 11) is 0. The number of nitrogens with one attached hydrogen (secondary N) is 1. The average Bonchev–Trinajstić information content (AvgIpc) is 2.87. The molecule has 112 valence electrons. The molecule has 0 fully saturated rings. The molecule has 1 aliphatic carbocycles. The van der Waals surface area contributed by atoms with Crippen molar-refractivity contribution in [3.05, 3.63) is 42.2 Å². The molecule has 21 heavy (non-hydrogen) atoms. The average molecular weight is 293 g/mol. The van der Waals surface area contributed by atoms with E-state index in [9.17, 15) is 14.0 Å². The largest absolute Gasteiger partial charge is 0.493 e. The number of rotatable bonds is 6. The highest BCUT2D eigenvalue weighted by Gasteiger charge is 2.25. The lowest BCUT2D eigenvalue weighted by atomic mass is 10.1. The van der Waals surface area contributed by atoms with Crippen LogP contribution in [0.15, 0.2) is 36.4 Å². The van der Waals surface area contributed by atoms with Crippen LogP contribution in [0.1, 0.15) is 12.8 Å². The predicted molar refractivity (Wildman–Crippen MR) is 73.3 cm³/mol. The van der Waals surface area contributed by atoms with Crippen molar-refractivity contribution in [2.45, 2.75) is 18.9 Å². The summed E-state index contributed by atoms with van der Waals surface area (Å²) in [5.41, 5.74) is 0. The zero-order valence-corrected chi connectivity index (χ0v) is 11.3. The smallest absolute Gasteiger partial charge is 0.310 e. The van der Waals surface area contributed by atoms with Crippen molar-refractivity contribution >= 4 is 11.9 Å². The number of carbonyl (C=O) groups excluding carboxylic acids is 1. The molecule has 0 radical (unpaired) electrons. The third-order valence-corrected chi connectivity index (χ3v) is 3.14. The normalized spacial score (nSPS) is 20.2. The Bertz CT molecular complexity index is 558. The van der Waals surface area contributed by atoms with Crippen LogP contribution in [0.4, 0.5) is 4.39 Å². The first-order valence-electron chi connectivity index (χ1n) is 6.63. The molecule has 0 saturated carbocycles. The molecule has 0 saturated heterocycles. The van der Waals surface area contributed by atoms with Crippen LogP contribution in [0.3, 0.4) is 0 Å². The van der Waals surface area contributed by atoms with E-state index in [4.69, 9.17) is 9.84 Å². The summed E-state index contributed by atoms with van der Waals surface area (Å²) < 4.78 is 18.2. The third-order valence-electron chi connectivity index (χ3n) is 3.14. The highest BCUT2D eigenvalue weighted by Crippen LogP contribution is 2.18. The minimum absolute atomic E-state index is 0.124. The van der Waals surface area contributed by atoms with Crippen molar-refractivity contribution in [1.29, 1.82) is 0 Å². The van der Waals surface area contributed by atoms with Crippen LogP contribution >= 0.6 is 0 Å². The van der Waals surface area contributed by atoms with Crippen LogP contribution in [0.2, 0.25) is 0 Å². The molecule has 0 aromatic heterocycles. The highest BCUT2D eigenvalue weighted by molar-refractivity contribution is 5.77. The van der Waals surface area contributed by atoms with Gasteiger partial charge in [0.2, 0.25) is 5.91 Å². The van der Waals surface area contributed by atoms with Gasteiger partial charge >= 0.3 is 5.97 Å². The molecule has 0 heterocycles. The van der Waals surface area contributed by atoms with E-state index >= 15 is 0 Å². The van der Waals surface area contributed by atoms with Gasteiger partial charge in [0, 0.05) is 12.1 Å². The number of benzene rings is 1. The number of hydrogen-bond acceptors (Lipinski definition) is 3. The molecule has 6 heteroatoms. The van der Waals surface area contributed by atoms with Crippen molar-refractivity contribution in [1.82, 2.24) is 5.32 Å². The van der Waals surface area contributed by atoms with Crippen LogP contribution in [0.5, 0.6) is 5.75 Å².